The Balaban J connectivity index is 0.000000751. The fourth-order valence-corrected chi connectivity index (χ4v) is 2.94. The molecule has 1 aromatic rings. The van der Waals surface area contributed by atoms with Crippen molar-refractivity contribution in [2.24, 2.45) is 0 Å². The number of nitrogens with one attached hydrogen (secondary N) is 1. The van der Waals surface area contributed by atoms with Crippen LogP contribution in [0.1, 0.15) is 12.0 Å². The van der Waals surface area contributed by atoms with E-state index in [0.717, 1.165) is 5.56 Å². The van der Waals surface area contributed by atoms with Crippen molar-refractivity contribution in [2.45, 2.75) is 12.8 Å². The van der Waals surface area contributed by atoms with Gasteiger partial charge in [-0.2, -0.15) is 0 Å². The third-order valence-electron chi connectivity index (χ3n) is 4.72. The number of carboxylic acids is 2. The molecule has 1 fully saturated rings. The number of aryl methyl sites for hydroxylation is 1. The van der Waals surface area contributed by atoms with Crippen LogP contribution in [0.25, 0.3) is 0 Å². The molecule has 0 unspecified atom stereocenters. The first-order valence-electron chi connectivity index (χ1n) is 9.73. The molecule has 0 atom stereocenters. The highest BCUT2D eigenvalue weighted by Gasteiger charge is 2.22. The standard InChI is InChI=1S/C18H27N3O5.C2H2O4/c1-19-16(22)12-20-6-8-21(9-7-20)17(23)5-4-13-10-14(25-2)18(24)15(11-13)26-3;3-1(4)2(5)6/h10-11,24H,4-9,12H2,1-3H3,(H,19,22);(H,3,4)(H,5,6). The van der Waals surface area contributed by atoms with Gasteiger partial charge in [0.2, 0.25) is 17.6 Å². The number of nitrogens with zero attached hydrogens (tertiary/aromatic N) is 2. The Morgan fingerprint density at radius 2 is 1.47 bits per heavy atom. The molecule has 0 saturated carbocycles. The topological polar surface area (TPSA) is 166 Å². The van der Waals surface area contributed by atoms with Gasteiger partial charge < -0.3 is 35.0 Å². The Hall–Kier alpha value is -3.54. The van der Waals surface area contributed by atoms with Crippen molar-refractivity contribution in [3.63, 3.8) is 0 Å². The van der Waals surface area contributed by atoms with Crippen LogP contribution in [0.4, 0.5) is 0 Å². The molecule has 12 heteroatoms. The van der Waals surface area contributed by atoms with Crippen molar-refractivity contribution < 1.29 is 44.0 Å². The van der Waals surface area contributed by atoms with E-state index < -0.39 is 11.9 Å². The summed E-state index contributed by atoms with van der Waals surface area (Å²) < 4.78 is 10.3. The molecule has 178 valence electrons. The highest BCUT2D eigenvalue weighted by Crippen LogP contribution is 2.37. The maximum Gasteiger partial charge on any atom is 0.414 e. The van der Waals surface area contributed by atoms with Gasteiger partial charge in [0.25, 0.3) is 0 Å². The zero-order chi connectivity index (χ0) is 24.3. The molecule has 1 aromatic carbocycles. The molecule has 4 N–H and O–H groups in total. The first kappa shape index (κ1) is 26.5. The number of carboxylic acid groups (broad SMARTS) is 2. The van der Waals surface area contributed by atoms with Crippen molar-refractivity contribution in [3.05, 3.63) is 17.7 Å². The van der Waals surface area contributed by atoms with Gasteiger partial charge in [-0.1, -0.05) is 0 Å². The number of likely N-dealkylation sites (N-methyl/N-ethyl adjacent to an activating group) is 1. The fraction of sp³-hybridized carbons (Fsp3) is 0.500. The van der Waals surface area contributed by atoms with E-state index in [9.17, 15) is 14.7 Å². The second kappa shape index (κ2) is 13.0. The number of ether oxygens (including phenoxy) is 2. The number of piperazine rings is 1. The molecule has 12 nitrogen and oxygen atoms in total. The van der Waals surface area contributed by atoms with E-state index in [2.05, 4.69) is 5.32 Å². The number of phenolic OH excluding ortho intramolecular Hbond substituents is 1. The maximum absolute atomic E-state index is 12.4. The van der Waals surface area contributed by atoms with Crippen LogP contribution in [-0.2, 0) is 25.6 Å². The van der Waals surface area contributed by atoms with Gasteiger partial charge in [-0.15, -0.1) is 0 Å². The Morgan fingerprint density at radius 3 is 1.88 bits per heavy atom. The Kier molecular flexibility index (Phi) is 10.8. The number of aromatic hydroxyl groups is 1. The lowest BCUT2D eigenvalue weighted by atomic mass is 10.1. The monoisotopic (exact) mass is 455 g/mol. The quantitative estimate of drug-likeness (QED) is 0.390. The predicted molar refractivity (Wildman–Crippen MR) is 112 cm³/mol. The lowest BCUT2D eigenvalue weighted by Crippen LogP contribution is -2.50. The molecule has 1 saturated heterocycles. The normalized spacial score (nSPS) is 13.4. The van der Waals surface area contributed by atoms with Crippen LogP contribution in [0.2, 0.25) is 0 Å². The number of aliphatic carboxylic acids is 2. The van der Waals surface area contributed by atoms with Crippen molar-refractivity contribution in [1.82, 2.24) is 15.1 Å². The third kappa shape index (κ3) is 8.30. The minimum absolute atomic E-state index is 0.0139. The van der Waals surface area contributed by atoms with Crippen LogP contribution >= 0.6 is 0 Å². The van der Waals surface area contributed by atoms with E-state index >= 15 is 0 Å². The highest BCUT2D eigenvalue weighted by atomic mass is 16.5. The van der Waals surface area contributed by atoms with Crippen molar-refractivity contribution in [2.75, 3.05) is 54.0 Å². The SMILES string of the molecule is CNC(=O)CN1CCN(C(=O)CCc2cc(OC)c(O)c(OC)c2)CC1.O=C(O)C(=O)O. The second-order valence-electron chi connectivity index (χ2n) is 6.79. The molecule has 0 aliphatic carbocycles. The first-order valence-corrected chi connectivity index (χ1v) is 9.73. The number of hydrogen-bond acceptors (Lipinski definition) is 8. The van der Waals surface area contributed by atoms with E-state index in [4.69, 9.17) is 29.3 Å². The smallest absolute Gasteiger partial charge is 0.414 e. The summed E-state index contributed by atoms with van der Waals surface area (Å²) in [4.78, 5) is 45.9. The zero-order valence-corrected chi connectivity index (χ0v) is 18.3. The van der Waals surface area contributed by atoms with Gasteiger partial charge in [0.05, 0.1) is 20.8 Å². The highest BCUT2D eigenvalue weighted by molar-refractivity contribution is 6.27. The summed E-state index contributed by atoms with van der Waals surface area (Å²) in [5, 5.41) is 27.3. The van der Waals surface area contributed by atoms with Crippen molar-refractivity contribution in [1.29, 1.82) is 0 Å². The minimum atomic E-state index is -1.82. The molecular formula is C20H29N3O9. The number of methoxy groups -OCH3 is 2. The lowest BCUT2D eigenvalue weighted by molar-refractivity contribution is -0.159. The number of phenols is 1. The molecule has 0 spiro atoms. The molecule has 1 heterocycles. The molecule has 0 aromatic heterocycles. The summed E-state index contributed by atoms with van der Waals surface area (Å²) in [5.41, 5.74) is 0.864. The Labute approximate surface area is 185 Å². The predicted octanol–water partition coefficient (Wildman–Crippen LogP) is -0.612. The van der Waals surface area contributed by atoms with Gasteiger partial charge in [-0.25, -0.2) is 9.59 Å². The van der Waals surface area contributed by atoms with E-state index in [-0.39, 0.29) is 17.6 Å². The van der Waals surface area contributed by atoms with Gasteiger partial charge in [-0.05, 0) is 24.1 Å². The average Bonchev–Trinajstić information content (AvgIpc) is 2.78. The molecule has 2 rings (SSSR count). The summed E-state index contributed by atoms with van der Waals surface area (Å²) in [7, 11) is 4.57. The molecule has 2 amide bonds. The molecule has 0 radical (unpaired) electrons. The first-order chi connectivity index (χ1) is 15.1. The zero-order valence-electron chi connectivity index (χ0n) is 18.3. The summed E-state index contributed by atoms with van der Waals surface area (Å²) in [6.07, 6.45) is 0.900. The van der Waals surface area contributed by atoms with Gasteiger partial charge in [0.15, 0.2) is 11.5 Å². The van der Waals surface area contributed by atoms with Crippen molar-refractivity contribution >= 4 is 23.8 Å². The lowest BCUT2D eigenvalue weighted by Gasteiger charge is -2.34. The summed E-state index contributed by atoms with van der Waals surface area (Å²) in [6.45, 7) is 3.00. The van der Waals surface area contributed by atoms with Gasteiger partial charge in [0.1, 0.15) is 0 Å². The van der Waals surface area contributed by atoms with Crippen LogP contribution < -0.4 is 14.8 Å². The minimum Gasteiger partial charge on any atom is -0.502 e. The summed E-state index contributed by atoms with van der Waals surface area (Å²) >= 11 is 0. The van der Waals surface area contributed by atoms with Crippen LogP contribution in [0, 0.1) is 0 Å². The van der Waals surface area contributed by atoms with Crippen LogP contribution in [0.15, 0.2) is 12.1 Å². The summed E-state index contributed by atoms with van der Waals surface area (Å²) in [5.74, 6) is -2.97. The molecule has 1 aliphatic heterocycles. The van der Waals surface area contributed by atoms with E-state index in [0.29, 0.717) is 57.1 Å². The fourth-order valence-electron chi connectivity index (χ4n) is 2.94. The number of amides is 2. The van der Waals surface area contributed by atoms with Gasteiger partial charge >= 0.3 is 11.9 Å². The molecule has 32 heavy (non-hydrogen) atoms. The van der Waals surface area contributed by atoms with Gasteiger partial charge in [-0.3, -0.25) is 14.5 Å². The van der Waals surface area contributed by atoms with Crippen molar-refractivity contribution in [3.8, 4) is 17.2 Å². The van der Waals surface area contributed by atoms with Crippen LogP contribution in [0.5, 0.6) is 17.2 Å². The van der Waals surface area contributed by atoms with E-state index in [1.807, 2.05) is 9.80 Å². The van der Waals surface area contributed by atoms with Gasteiger partial charge in [0, 0.05) is 39.6 Å². The van der Waals surface area contributed by atoms with Crippen LogP contribution in [0.3, 0.4) is 0 Å². The largest absolute Gasteiger partial charge is 0.502 e. The third-order valence-corrected chi connectivity index (χ3v) is 4.72. The second-order valence-corrected chi connectivity index (χ2v) is 6.79. The van der Waals surface area contributed by atoms with Crippen LogP contribution in [-0.4, -0.2) is 103 Å². The number of benzene rings is 1. The maximum atomic E-state index is 12.4. The summed E-state index contributed by atoms with van der Waals surface area (Å²) in [6, 6.07) is 3.43. The van der Waals surface area contributed by atoms with E-state index in [1.54, 1.807) is 19.2 Å². The number of carbonyl (C=O) groups excluding carboxylic acids is 2. The Morgan fingerprint density at radius 1 is 0.969 bits per heavy atom. The number of rotatable bonds is 7. The Bertz CT molecular complexity index is 784. The molecule has 0 bridgehead atoms. The average molecular weight is 455 g/mol. The molecular weight excluding hydrogens is 426 g/mol. The molecule has 1 aliphatic rings. The van der Waals surface area contributed by atoms with E-state index in [1.165, 1.54) is 14.2 Å². The number of hydrogen-bond donors (Lipinski definition) is 4. The number of carbonyl (C=O) groups is 4.